The lowest BCUT2D eigenvalue weighted by Crippen LogP contribution is -2.20. The molecule has 1 aliphatic heterocycles. The molecule has 1 aromatic carbocycles. The summed E-state index contributed by atoms with van der Waals surface area (Å²) in [6.07, 6.45) is 4.56. The number of aryl methyl sites for hydroxylation is 1. The highest BCUT2D eigenvalue weighted by Gasteiger charge is 2.18. The third-order valence-corrected chi connectivity index (χ3v) is 4.35. The first-order chi connectivity index (χ1) is 9.72. The standard InChI is InChI=1S/C17H21ClN2/c1-3-10-20-12(2)17(13-6-8-19-9-7-13)15-11-14(18)4-5-16(15)20/h4-6,11,19H,3,7-10H2,1-2H3. The Morgan fingerprint density at radius 1 is 1.35 bits per heavy atom. The molecule has 0 spiro atoms. The van der Waals surface area contributed by atoms with Gasteiger partial charge in [-0.2, -0.15) is 0 Å². The molecular formula is C17H21ClN2. The SMILES string of the molecule is CCCn1c(C)c(C2=CCNCC2)c2cc(Cl)ccc21. The molecule has 1 N–H and O–H groups in total. The van der Waals surface area contributed by atoms with Crippen LogP contribution in [0.15, 0.2) is 24.3 Å². The second-order valence-corrected chi connectivity index (χ2v) is 5.89. The van der Waals surface area contributed by atoms with Gasteiger partial charge in [-0.25, -0.2) is 0 Å². The van der Waals surface area contributed by atoms with Crippen molar-refractivity contribution in [3.05, 3.63) is 40.6 Å². The number of rotatable bonds is 3. The van der Waals surface area contributed by atoms with Gasteiger partial charge in [-0.1, -0.05) is 24.6 Å². The van der Waals surface area contributed by atoms with Crippen LogP contribution in [-0.4, -0.2) is 17.7 Å². The topological polar surface area (TPSA) is 17.0 Å². The fourth-order valence-electron chi connectivity index (χ4n) is 3.22. The molecule has 3 heteroatoms. The van der Waals surface area contributed by atoms with Crippen molar-refractivity contribution in [2.24, 2.45) is 0 Å². The minimum Gasteiger partial charge on any atom is -0.344 e. The fourth-order valence-corrected chi connectivity index (χ4v) is 3.39. The van der Waals surface area contributed by atoms with Crippen LogP contribution in [0.3, 0.4) is 0 Å². The molecular weight excluding hydrogens is 268 g/mol. The first-order valence-electron chi connectivity index (χ1n) is 7.41. The van der Waals surface area contributed by atoms with E-state index < -0.39 is 0 Å². The number of nitrogens with one attached hydrogen (secondary N) is 1. The van der Waals surface area contributed by atoms with Crippen molar-refractivity contribution in [3.63, 3.8) is 0 Å². The van der Waals surface area contributed by atoms with Crippen LogP contribution in [0.5, 0.6) is 0 Å². The zero-order chi connectivity index (χ0) is 14.1. The predicted octanol–water partition coefficient (Wildman–Crippen LogP) is 4.39. The number of hydrogen-bond acceptors (Lipinski definition) is 1. The smallest absolute Gasteiger partial charge is 0.0489 e. The van der Waals surface area contributed by atoms with Crippen molar-refractivity contribution in [3.8, 4) is 0 Å². The monoisotopic (exact) mass is 288 g/mol. The van der Waals surface area contributed by atoms with Crippen molar-refractivity contribution in [1.29, 1.82) is 0 Å². The molecule has 0 atom stereocenters. The minimum atomic E-state index is 0.821. The molecule has 20 heavy (non-hydrogen) atoms. The maximum absolute atomic E-state index is 6.23. The van der Waals surface area contributed by atoms with Gasteiger partial charge in [0.2, 0.25) is 0 Å². The number of aromatic nitrogens is 1. The van der Waals surface area contributed by atoms with Gasteiger partial charge in [-0.05, 0) is 50.1 Å². The second-order valence-electron chi connectivity index (χ2n) is 5.46. The van der Waals surface area contributed by atoms with Crippen LogP contribution in [0.25, 0.3) is 16.5 Å². The molecule has 106 valence electrons. The van der Waals surface area contributed by atoms with Crippen LogP contribution >= 0.6 is 11.6 Å². The lowest BCUT2D eigenvalue weighted by molar-refractivity contribution is 0.683. The van der Waals surface area contributed by atoms with E-state index in [1.165, 1.54) is 27.7 Å². The molecule has 0 fully saturated rings. The molecule has 3 rings (SSSR count). The highest BCUT2D eigenvalue weighted by molar-refractivity contribution is 6.31. The molecule has 0 saturated carbocycles. The first-order valence-corrected chi connectivity index (χ1v) is 7.78. The average molecular weight is 289 g/mol. The Kier molecular flexibility index (Phi) is 3.86. The Bertz CT molecular complexity index is 667. The molecule has 2 heterocycles. The Hall–Kier alpha value is -1.25. The third kappa shape index (κ3) is 2.27. The van der Waals surface area contributed by atoms with Gasteiger partial charge < -0.3 is 9.88 Å². The number of hydrogen-bond donors (Lipinski definition) is 1. The second kappa shape index (κ2) is 5.63. The van der Waals surface area contributed by atoms with E-state index in [0.29, 0.717) is 0 Å². The van der Waals surface area contributed by atoms with E-state index in [2.05, 4.69) is 41.9 Å². The van der Waals surface area contributed by atoms with E-state index in [4.69, 9.17) is 11.6 Å². The lowest BCUT2D eigenvalue weighted by atomic mass is 9.97. The molecule has 0 bridgehead atoms. The van der Waals surface area contributed by atoms with Crippen LogP contribution in [0.1, 0.15) is 31.0 Å². The predicted molar refractivity (Wildman–Crippen MR) is 87.4 cm³/mol. The summed E-state index contributed by atoms with van der Waals surface area (Å²) in [6, 6.07) is 6.27. The number of benzene rings is 1. The molecule has 1 aliphatic rings. The van der Waals surface area contributed by atoms with E-state index in [9.17, 15) is 0 Å². The molecule has 1 aromatic heterocycles. The van der Waals surface area contributed by atoms with Gasteiger partial charge in [-0.3, -0.25) is 0 Å². The van der Waals surface area contributed by atoms with Crippen LogP contribution in [0.4, 0.5) is 0 Å². The maximum Gasteiger partial charge on any atom is 0.0489 e. The molecule has 0 amide bonds. The highest BCUT2D eigenvalue weighted by atomic mass is 35.5. The third-order valence-electron chi connectivity index (χ3n) is 4.12. The Morgan fingerprint density at radius 2 is 2.20 bits per heavy atom. The highest BCUT2D eigenvalue weighted by Crippen LogP contribution is 2.35. The van der Waals surface area contributed by atoms with Gasteiger partial charge >= 0.3 is 0 Å². The van der Waals surface area contributed by atoms with Gasteiger partial charge in [0.25, 0.3) is 0 Å². The summed E-state index contributed by atoms with van der Waals surface area (Å²) >= 11 is 6.23. The molecule has 2 aromatic rings. The molecule has 0 aliphatic carbocycles. The van der Waals surface area contributed by atoms with Gasteiger partial charge in [0, 0.05) is 40.3 Å². The summed E-state index contributed by atoms with van der Waals surface area (Å²) in [5.41, 5.74) is 5.54. The Labute approximate surface area is 125 Å². The molecule has 0 saturated heterocycles. The van der Waals surface area contributed by atoms with Gasteiger partial charge in [0.05, 0.1) is 0 Å². The van der Waals surface area contributed by atoms with Crippen LogP contribution in [0, 0.1) is 6.92 Å². The van der Waals surface area contributed by atoms with Crippen molar-refractivity contribution >= 4 is 28.1 Å². The summed E-state index contributed by atoms with van der Waals surface area (Å²) < 4.78 is 2.43. The maximum atomic E-state index is 6.23. The summed E-state index contributed by atoms with van der Waals surface area (Å²) in [7, 11) is 0. The van der Waals surface area contributed by atoms with Gasteiger partial charge in [-0.15, -0.1) is 0 Å². The number of fused-ring (bicyclic) bond motifs is 1. The van der Waals surface area contributed by atoms with Crippen molar-refractivity contribution in [2.75, 3.05) is 13.1 Å². The fraction of sp³-hybridized carbons (Fsp3) is 0.412. The van der Waals surface area contributed by atoms with E-state index in [-0.39, 0.29) is 0 Å². The number of halogens is 1. The average Bonchev–Trinajstić information content (AvgIpc) is 2.72. The molecule has 0 radical (unpaired) electrons. The number of nitrogens with zero attached hydrogens (tertiary/aromatic N) is 1. The summed E-state index contributed by atoms with van der Waals surface area (Å²) in [6.45, 7) is 7.56. The first kappa shape index (κ1) is 13.7. The van der Waals surface area contributed by atoms with E-state index in [1.54, 1.807) is 0 Å². The normalized spacial score (nSPS) is 15.7. The summed E-state index contributed by atoms with van der Waals surface area (Å²) in [4.78, 5) is 0. The van der Waals surface area contributed by atoms with Crippen LogP contribution in [0.2, 0.25) is 5.02 Å². The van der Waals surface area contributed by atoms with Crippen molar-refractivity contribution in [2.45, 2.75) is 33.2 Å². The quantitative estimate of drug-likeness (QED) is 0.886. The largest absolute Gasteiger partial charge is 0.344 e. The Morgan fingerprint density at radius 3 is 2.90 bits per heavy atom. The summed E-state index contributed by atoms with van der Waals surface area (Å²) in [5.74, 6) is 0. The van der Waals surface area contributed by atoms with E-state index in [0.717, 1.165) is 37.5 Å². The van der Waals surface area contributed by atoms with Crippen LogP contribution < -0.4 is 5.32 Å². The molecule has 2 nitrogen and oxygen atoms in total. The van der Waals surface area contributed by atoms with Crippen molar-refractivity contribution in [1.82, 2.24) is 9.88 Å². The van der Waals surface area contributed by atoms with Gasteiger partial charge in [0.15, 0.2) is 0 Å². The van der Waals surface area contributed by atoms with Gasteiger partial charge in [0.1, 0.15) is 0 Å². The summed E-state index contributed by atoms with van der Waals surface area (Å²) in [5, 5.41) is 5.51. The van der Waals surface area contributed by atoms with Crippen molar-refractivity contribution < 1.29 is 0 Å². The molecule has 0 unspecified atom stereocenters. The lowest BCUT2D eigenvalue weighted by Gasteiger charge is -2.15. The van der Waals surface area contributed by atoms with Crippen LogP contribution in [-0.2, 0) is 6.54 Å². The van der Waals surface area contributed by atoms with E-state index in [1.807, 2.05) is 6.07 Å². The zero-order valence-electron chi connectivity index (χ0n) is 12.2. The van der Waals surface area contributed by atoms with E-state index >= 15 is 0 Å². The Balaban J connectivity index is 2.26. The minimum absolute atomic E-state index is 0.821. The zero-order valence-corrected chi connectivity index (χ0v) is 12.9.